The number of nitrogens with one attached hydrogen (secondary N) is 1. The van der Waals surface area contributed by atoms with Gasteiger partial charge in [0.15, 0.2) is 0 Å². The van der Waals surface area contributed by atoms with Crippen molar-refractivity contribution in [3.63, 3.8) is 0 Å². The lowest BCUT2D eigenvalue weighted by Gasteiger charge is -2.40. The van der Waals surface area contributed by atoms with Gasteiger partial charge in [-0.05, 0) is 30.5 Å². The lowest BCUT2D eigenvalue weighted by molar-refractivity contribution is 0.117. The topological polar surface area (TPSA) is 15.3 Å². The molecular weight excluding hydrogens is 288 g/mol. The highest BCUT2D eigenvalue weighted by atomic mass is 79.9. The standard InChI is InChI=1S/C15H23BrN2/c1-3-14-11-18(15(4-2)9-17-14)10-12-5-7-13(16)8-6-12/h5-8,14-15,17H,3-4,9-11H2,1-2H3. The Labute approximate surface area is 119 Å². The van der Waals surface area contributed by atoms with Gasteiger partial charge in [-0.25, -0.2) is 0 Å². The van der Waals surface area contributed by atoms with Crippen LogP contribution < -0.4 is 5.32 Å². The fraction of sp³-hybridized carbons (Fsp3) is 0.600. The lowest BCUT2D eigenvalue weighted by atomic mass is 10.0. The minimum atomic E-state index is 0.656. The van der Waals surface area contributed by atoms with Crippen molar-refractivity contribution in [1.82, 2.24) is 10.2 Å². The molecule has 1 aromatic rings. The monoisotopic (exact) mass is 310 g/mol. The molecule has 1 aliphatic rings. The predicted molar refractivity (Wildman–Crippen MR) is 80.7 cm³/mol. The molecule has 3 heteroatoms. The first-order valence-electron chi connectivity index (χ1n) is 6.94. The number of benzene rings is 1. The van der Waals surface area contributed by atoms with Gasteiger partial charge in [-0.1, -0.05) is 41.9 Å². The first-order valence-corrected chi connectivity index (χ1v) is 7.74. The summed E-state index contributed by atoms with van der Waals surface area (Å²) in [6.45, 7) is 7.93. The third kappa shape index (κ3) is 3.56. The van der Waals surface area contributed by atoms with Gasteiger partial charge in [-0.3, -0.25) is 4.90 Å². The number of hydrogen-bond donors (Lipinski definition) is 1. The van der Waals surface area contributed by atoms with Crippen molar-refractivity contribution in [2.45, 2.75) is 45.3 Å². The van der Waals surface area contributed by atoms with E-state index in [9.17, 15) is 0 Å². The summed E-state index contributed by atoms with van der Waals surface area (Å²) < 4.78 is 1.16. The van der Waals surface area contributed by atoms with Crippen LogP contribution in [0.1, 0.15) is 32.3 Å². The molecular formula is C15H23BrN2. The van der Waals surface area contributed by atoms with Crippen LogP contribution in [0.2, 0.25) is 0 Å². The normalized spacial score (nSPS) is 25.3. The summed E-state index contributed by atoms with van der Waals surface area (Å²) in [4.78, 5) is 2.63. The smallest absolute Gasteiger partial charge is 0.0237 e. The number of nitrogens with zero attached hydrogens (tertiary/aromatic N) is 1. The zero-order valence-electron chi connectivity index (χ0n) is 11.3. The van der Waals surface area contributed by atoms with Gasteiger partial charge < -0.3 is 5.32 Å². The molecule has 2 nitrogen and oxygen atoms in total. The second kappa shape index (κ2) is 6.69. The van der Waals surface area contributed by atoms with E-state index in [1.54, 1.807) is 0 Å². The van der Waals surface area contributed by atoms with Gasteiger partial charge in [-0.2, -0.15) is 0 Å². The Morgan fingerprint density at radius 1 is 1.22 bits per heavy atom. The van der Waals surface area contributed by atoms with Crippen molar-refractivity contribution in [3.8, 4) is 0 Å². The highest BCUT2D eigenvalue weighted by Crippen LogP contribution is 2.17. The molecule has 18 heavy (non-hydrogen) atoms. The van der Waals surface area contributed by atoms with Crippen LogP contribution in [0.25, 0.3) is 0 Å². The lowest BCUT2D eigenvalue weighted by Crippen LogP contribution is -2.55. The molecule has 1 heterocycles. The van der Waals surface area contributed by atoms with Crippen molar-refractivity contribution in [3.05, 3.63) is 34.3 Å². The molecule has 2 atom stereocenters. The second-order valence-corrected chi connectivity index (χ2v) is 6.05. The Morgan fingerprint density at radius 3 is 2.56 bits per heavy atom. The summed E-state index contributed by atoms with van der Waals surface area (Å²) in [5.74, 6) is 0. The van der Waals surface area contributed by atoms with Gasteiger partial charge in [0.1, 0.15) is 0 Å². The fourth-order valence-electron chi connectivity index (χ4n) is 2.62. The van der Waals surface area contributed by atoms with Gasteiger partial charge in [0, 0.05) is 36.2 Å². The Balaban J connectivity index is 2.02. The predicted octanol–water partition coefficient (Wildman–Crippen LogP) is 3.41. The highest BCUT2D eigenvalue weighted by Gasteiger charge is 2.25. The van der Waals surface area contributed by atoms with E-state index >= 15 is 0 Å². The summed E-state index contributed by atoms with van der Waals surface area (Å²) in [7, 11) is 0. The molecule has 0 aliphatic carbocycles. The number of hydrogen-bond acceptors (Lipinski definition) is 2. The van der Waals surface area contributed by atoms with Crippen LogP contribution in [0.3, 0.4) is 0 Å². The average Bonchev–Trinajstić information content (AvgIpc) is 2.41. The molecule has 2 rings (SSSR count). The van der Waals surface area contributed by atoms with Crippen molar-refractivity contribution in [2.24, 2.45) is 0 Å². The second-order valence-electron chi connectivity index (χ2n) is 5.13. The van der Waals surface area contributed by atoms with Gasteiger partial charge in [0.2, 0.25) is 0 Å². The molecule has 0 radical (unpaired) electrons. The number of piperazine rings is 1. The maximum atomic E-state index is 3.65. The van der Waals surface area contributed by atoms with Gasteiger partial charge in [-0.15, -0.1) is 0 Å². The first-order chi connectivity index (χ1) is 8.72. The van der Waals surface area contributed by atoms with Crippen molar-refractivity contribution in [2.75, 3.05) is 13.1 Å². The molecule has 1 aromatic carbocycles. The quantitative estimate of drug-likeness (QED) is 0.917. The largest absolute Gasteiger partial charge is 0.311 e. The van der Waals surface area contributed by atoms with Gasteiger partial charge in [0.25, 0.3) is 0 Å². The van der Waals surface area contributed by atoms with E-state index in [1.807, 2.05) is 0 Å². The van der Waals surface area contributed by atoms with E-state index in [2.05, 4.69) is 64.3 Å². The van der Waals surface area contributed by atoms with Crippen LogP contribution in [0.5, 0.6) is 0 Å². The van der Waals surface area contributed by atoms with Crippen molar-refractivity contribution < 1.29 is 0 Å². The summed E-state index contributed by atoms with van der Waals surface area (Å²) in [6.07, 6.45) is 2.44. The van der Waals surface area contributed by atoms with E-state index in [1.165, 1.54) is 24.9 Å². The van der Waals surface area contributed by atoms with E-state index in [0.29, 0.717) is 12.1 Å². The molecule has 0 spiro atoms. The number of rotatable bonds is 4. The summed E-state index contributed by atoms with van der Waals surface area (Å²) in [6, 6.07) is 10.0. The van der Waals surface area contributed by atoms with E-state index < -0.39 is 0 Å². The van der Waals surface area contributed by atoms with Crippen molar-refractivity contribution in [1.29, 1.82) is 0 Å². The molecule has 0 bridgehead atoms. The minimum absolute atomic E-state index is 0.656. The molecule has 1 saturated heterocycles. The highest BCUT2D eigenvalue weighted by molar-refractivity contribution is 9.10. The average molecular weight is 311 g/mol. The molecule has 1 aliphatic heterocycles. The molecule has 1 N–H and O–H groups in total. The maximum Gasteiger partial charge on any atom is 0.0237 e. The van der Waals surface area contributed by atoms with Crippen LogP contribution >= 0.6 is 15.9 Å². The summed E-state index contributed by atoms with van der Waals surface area (Å²) >= 11 is 3.49. The third-order valence-corrected chi connectivity index (χ3v) is 4.41. The maximum absolute atomic E-state index is 3.65. The fourth-order valence-corrected chi connectivity index (χ4v) is 2.89. The van der Waals surface area contributed by atoms with E-state index in [-0.39, 0.29) is 0 Å². The Morgan fingerprint density at radius 2 is 1.94 bits per heavy atom. The van der Waals surface area contributed by atoms with Crippen molar-refractivity contribution >= 4 is 15.9 Å². The molecule has 0 saturated carbocycles. The zero-order chi connectivity index (χ0) is 13.0. The Hall–Kier alpha value is -0.380. The van der Waals surface area contributed by atoms with Crippen LogP contribution in [0.4, 0.5) is 0 Å². The molecule has 0 amide bonds. The SMILES string of the molecule is CCC1CN(Cc2ccc(Br)cc2)C(CC)CN1. The third-order valence-electron chi connectivity index (χ3n) is 3.88. The zero-order valence-corrected chi connectivity index (χ0v) is 12.9. The van der Waals surface area contributed by atoms with Gasteiger partial charge in [0.05, 0.1) is 0 Å². The van der Waals surface area contributed by atoms with Gasteiger partial charge >= 0.3 is 0 Å². The van der Waals surface area contributed by atoms with Crippen LogP contribution in [-0.4, -0.2) is 30.1 Å². The van der Waals surface area contributed by atoms with E-state index in [4.69, 9.17) is 0 Å². The minimum Gasteiger partial charge on any atom is -0.311 e. The van der Waals surface area contributed by atoms with E-state index in [0.717, 1.165) is 17.6 Å². The molecule has 100 valence electrons. The molecule has 1 fully saturated rings. The van der Waals surface area contributed by atoms with Crippen LogP contribution in [0.15, 0.2) is 28.7 Å². The summed E-state index contributed by atoms with van der Waals surface area (Å²) in [5.41, 5.74) is 1.41. The first kappa shape index (κ1) is 14.0. The molecule has 2 unspecified atom stereocenters. The van der Waals surface area contributed by atoms with Crippen LogP contribution in [-0.2, 0) is 6.54 Å². The van der Waals surface area contributed by atoms with Crippen LogP contribution in [0, 0.1) is 0 Å². The Bertz CT molecular complexity index is 363. The summed E-state index contributed by atoms with van der Waals surface area (Å²) in [5, 5.41) is 3.65. The Kier molecular flexibility index (Phi) is 5.22. The molecule has 0 aromatic heterocycles. The number of halogens is 1.